The summed E-state index contributed by atoms with van der Waals surface area (Å²) in [6, 6.07) is 5.88. The normalized spacial score (nSPS) is 22.9. The Morgan fingerprint density at radius 2 is 2.11 bits per heavy atom. The van der Waals surface area contributed by atoms with Crippen molar-refractivity contribution in [1.29, 1.82) is 0 Å². The van der Waals surface area contributed by atoms with Crippen LogP contribution < -0.4 is 10.1 Å². The molecule has 0 aliphatic carbocycles. The largest absolute Gasteiger partial charge is 0.491 e. The van der Waals surface area contributed by atoms with Gasteiger partial charge in [0.2, 0.25) is 11.8 Å². The van der Waals surface area contributed by atoms with Gasteiger partial charge < -0.3 is 15.0 Å². The number of rotatable bonds is 4. The zero-order chi connectivity index (χ0) is 19.2. The van der Waals surface area contributed by atoms with Gasteiger partial charge in [-0.3, -0.25) is 9.59 Å². The smallest absolute Gasteiger partial charge is 0.224 e. The fourth-order valence-corrected chi connectivity index (χ4v) is 4.21. The number of fused-ring (bicyclic) bond motifs is 2. The number of amides is 2. The number of likely N-dealkylation sites (tertiary alicyclic amines) is 1. The monoisotopic (exact) mass is 372 g/mol. The van der Waals surface area contributed by atoms with E-state index in [1.807, 2.05) is 30.0 Å². The number of anilines is 1. The number of unbranched alkanes of at least 4 members (excludes halogenated alkanes) is 2. The van der Waals surface area contributed by atoms with Crippen molar-refractivity contribution in [2.45, 2.75) is 58.8 Å². The molecule has 0 radical (unpaired) electrons. The maximum Gasteiger partial charge on any atom is 0.224 e. The number of ether oxygens (including phenoxy) is 1. The van der Waals surface area contributed by atoms with Crippen LogP contribution in [0.3, 0.4) is 0 Å². The Bertz CT molecular complexity index is 674. The Morgan fingerprint density at radius 1 is 1.26 bits per heavy atom. The molecule has 2 aliphatic heterocycles. The Kier molecular flexibility index (Phi) is 6.75. The lowest BCUT2D eigenvalue weighted by molar-refractivity contribution is -0.134. The Morgan fingerprint density at radius 3 is 2.93 bits per heavy atom. The second-order valence-corrected chi connectivity index (χ2v) is 7.99. The van der Waals surface area contributed by atoms with Gasteiger partial charge in [-0.1, -0.05) is 25.8 Å². The molecular formula is C22H32N2O3. The van der Waals surface area contributed by atoms with Crippen molar-refractivity contribution in [3.63, 3.8) is 0 Å². The number of nitrogens with zero attached hydrogens (tertiary/aromatic N) is 1. The van der Waals surface area contributed by atoms with Gasteiger partial charge in [-0.15, -0.1) is 0 Å². The zero-order valence-electron chi connectivity index (χ0n) is 16.6. The summed E-state index contributed by atoms with van der Waals surface area (Å²) in [6.45, 7) is 6.31. The molecular weight excluding hydrogens is 340 g/mol. The lowest BCUT2D eigenvalue weighted by Crippen LogP contribution is -2.45. The average Bonchev–Trinajstić information content (AvgIpc) is 2.64. The molecule has 0 spiro atoms. The van der Waals surface area contributed by atoms with Crippen molar-refractivity contribution in [2.24, 2.45) is 11.8 Å². The molecule has 1 fully saturated rings. The minimum Gasteiger partial charge on any atom is -0.491 e. The van der Waals surface area contributed by atoms with Crippen LogP contribution in [0.5, 0.6) is 5.75 Å². The summed E-state index contributed by atoms with van der Waals surface area (Å²) in [7, 11) is 0. The van der Waals surface area contributed by atoms with E-state index in [0.29, 0.717) is 31.3 Å². The average molecular weight is 373 g/mol. The van der Waals surface area contributed by atoms with Crippen LogP contribution >= 0.6 is 0 Å². The number of carbonyl (C=O) groups is 2. The zero-order valence-corrected chi connectivity index (χ0v) is 16.6. The lowest BCUT2D eigenvalue weighted by atomic mass is 9.81. The lowest BCUT2D eigenvalue weighted by Gasteiger charge is -2.39. The maximum atomic E-state index is 12.6. The highest BCUT2D eigenvalue weighted by Crippen LogP contribution is 2.33. The van der Waals surface area contributed by atoms with Crippen molar-refractivity contribution in [2.75, 3.05) is 25.0 Å². The topological polar surface area (TPSA) is 58.6 Å². The van der Waals surface area contributed by atoms with Crippen LogP contribution in [-0.4, -0.2) is 36.4 Å². The van der Waals surface area contributed by atoms with Crippen LogP contribution in [0.2, 0.25) is 0 Å². The van der Waals surface area contributed by atoms with Gasteiger partial charge >= 0.3 is 0 Å². The molecule has 1 saturated heterocycles. The molecule has 1 aromatic carbocycles. The molecule has 2 heterocycles. The molecule has 0 unspecified atom stereocenters. The number of benzene rings is 1. The molecule has 2 atom stereocenters. The van der Waals surface area contributed by atoms with Gasteiger partial charge in [-0.2, -0.15) is 0 Å². The first kappa shape index (κ1) is 19.7. The second-order valence-electron chi connectivity index (χ2n) is 7.99. The highest BCUT2D eigenvalue weighted by Gasteiger charge is 2.33. The van der Waals surface area contributed by atoms with Crippen molar-refractivity contribution in [3.05, 3.63) is 23.8 Å². The summed E-state index contributed by atoms with van der Waals surface area (Å²) in [5.41, 5.74) is 1.87. The van der Waals surface area contributed by atoms with Gasteiger partial charge in [0, 0.05) is 25.9 Å². The third-order valence-electron chi connectivity index (χ3n) is 5.84. The third-order valence-corrected chi connectivity index (χ3v) is 5.84. The van der Waals surface area contributed by atoms with E-state index in [4.69, 9.17) is 4.74 Å². The Labute approximate surface area is 162 Å². The summed E-state index contributed by atoms with van der Waals surface area (Å²) in [5.74, 6) is 1.69. The van der Waals surface area contributed by atoms with E-state index in [0.717, 1.165) is 62.2 Å². The Balaban J connectivity index is 1.65. The minimum absolute atomic E-state index is 0.0464. The van der Waals surface area contributed by atoms with Crippen LogP contribution in [0.1, 0.15) is 57.4 Å². The fraction of sp³-hybridized carbons (Fsp3) is 0.636. The van der Waals surface area contributed by atoms with E-state index in [2.05, 4.69) is 12.2 Å². The molecule has 148 valence electrons. The quantitative estimate of drug-likeness (QED) is 0.808. The summed E-state index contributed by atoms with van der Waals surface area (Å²) in [6.07, 6.45) is 6.17. The number of carbonyl (C=O) groups excluding carboxylic acids is 2. The molecule has 5 heteroatoms. The van der Waals surface area contributed by atoms with E-state index in [1.165, 1.54) is 0 Å². The molecule has 5 nitrogen and oxygen atoms in total. The van der Waals surface area contributed by atoms with E-state index < -0.39 is 0 Å². The maximum absolute atomic E-state index is 12.6. The summed E-state index contributed by atoms with van der Waals surface area (Å²) in [5, 5.41) is 3.03. The van der Waals surface area contributed by atoms with Crippen LogP contribution in [0.25, 0.3) is 0 Å². The van der Waals surface area contributed by atoms with Crippen molar-refractivity contribution in [1.82, 2.24) is 4.90 Å². The highest BCUT2D eigenvalue weighted by molar-refractivity contribution is 5.92. The van der Waals surface area contributed by atoms with Gasteiger partial charge in [0.25, 0.3) is 0 Å². The fourth-order valence-electron chi connectivity index (χ4n) is 4.21. The van der Waals surface area contributed by atoms with Gasteiger partial charge in [0.15, 0.2) is 0 Å². The van der Waals surface area contributed by atoms with Crippen LogP contribution in [0.4, 0.5) is 5.69 Å². The number of piperidine rings is 1. The summed E-state index contributed by atoms with van der Waals surface area (Å²) < 4.78 is 5.97. The number of hydrogen-bond acceptors (Lipinski definition) is 3. The molecule has 2 amide bonds. The van der Waals surface area contributed by atoms with Crippen LogP contribution in [-0.2, 0) is 9.59 Å². The predicted molar refractivity (Wildman–Crippen MR) is 107 cm³/mol. The first-order valence-corrected chi connectivity index (χ1v) is 10.4. The standard InChI is InChI=1S/C22H32N2O3/c1-3-4-5-6-22(26)24-11-9-17-14-21(25)23-19-13-16(2)7-8-20(19)27-12-10-18(17)15-24/h7-8,13,17-18H,3-6,9-12,14-15H2,1-2H3,(H,23,25)/t17-,18-/m0/s1. The molecule has 0 saturated carbocycles. The van der Waals surface area contributed by atoms with Crippen molar-refractivity contribution < 1.29 is 14.3 Å². The molecule has 2 aliphatic rings. The van der Waals surface area contributed by atoms with Gasteiger partial charge in [-0.25, -0.2) is 0 Å². The van der Waals surface area contributed by atoms with E-state index >= 15 is 0 Å². The number of aryl methyl sites for hydroxylation is 1. The van der Waals surface area contributed by atoms with Crippen LogP contribution in [0.15, 0.2) is 18.2 Å². The molecule has 27 heavy (non-hydrogen) atoms. The molecule has 3 rings (SSSR count). The van der Waals surface area contributed by atoms with Gasteiger partial charge in [0.05, 0.1) is 12.3 Å². The van der Waals surface area contributed by atoms with E-state index in [-0.39, 0.29) is 11.8 Å². The summed E-state index contributed by atoms with van der Waals surface area (Å²) in [4.78, 5) is 27.1. The molecule has 1 N–H and O–H groups in total. The van der Waals surface area contributed by atoms with Crippen molar-refractivity contribution >= 4 is 17.5 Å². The van der Waals surface area contributed by atoms with Crippen molar-refractivity contribution in [3.8, 4) is 5.75 Å². The first-order valence-electron chi connectivity index (χ1n) is 10.4. The predicted octanol–water partition coefficient (Wildman–Crippen LogP) is 4.15. The SMILES string of the molecule is CCCCCC(=O)N1CC[C@H]2CC(=O)Nc3cc(C)ccc3OCC[C@H]2C1. The number of hydrogen-bond donors (Lipinski definition) is 1. The number of nitrogens with one attached hydrogen (secondary N) is 1. The summed E-state index contributed by atoms with van der Waals surface area (Å²) >= 11 is 0. The minimum atomic E-state index is 0.0464. The van der Waals surface area contributed by atoms with Crippen LogP contribution in [0, 0.1) is 18.8 Å². The first-order chi connectivity index (χ1) is 13.1. The molecule has 0 aromatic heterocycles. The van der Waals surface area contributed by atoms with E-state index in [1.54, 1.807) is 0 Å². The highest BCUT2D eigenvalue weighted by atomic mass is 16.5. The third kappa shape index (κ3) is 5.24. The van der Waals surface area contributed by atoms with Gasteiger partial charge in [0.1, 0.15) is 5.75 Å². The molecule has 0 bridgehead atoms. The second kappa shape index (κ2) is 9.25. The molecule has 1 aromatic rings. The van der Waals surface area contributed by atoms with Gasteiger partial charge in [-0.05, 0) is 55.7 Å². The van der Waals surface area contributed by atoms with E-state index in [9.17, 15) is 9.59 Å². The Hall–Kier alpha value is -2.04.